The van der Waals surface area contributed by atoms with Gasteiger partial charge < -0.3 is 15.7 Å². The molecule has 0 aromatic heterocycles. The lowest BCUT2D eigenvalue weighted by Gasteiger charge is -2.29. The molecule has 3 N–H and O–H groups in total. The fourth-order valence-corrected chi connectivity index (χ4v) is 2.19. The van der Waals surface area contributed by atoms with Gasteiger partial charge in [-0.1, -0.05) is 12.8 Å². The van der Waals surface area contributed by atoms with E-state index in [1.807, 2.05) is 11.8 Å². The molecule has 0 spiro atoms. The summed E-state index contributed by atoms with van der Waals surface area (Å²) in [6.07, 6.45) is 5.50. The van der Waals surface area contributed by atoms with Crippen LogP contribution in [0.3, 0.4) is 0 Å². The van der Waals surface area contributed by atoms with Crippen molar-refractivity contribution >= 4 is 5.91 Å². The van der Waals surface area contributed by atoms with E-state index < -0.39 is 0 Å². The minimum atomic E-state index is 0.0306. The number of rotatable bonds is 4. The molecule has 16 heavy (non-hydrogen) atoms. The van der Waals surface area contributed by atoms with Gasteiger partial charge in [0.05, 0.1) is 12.6 Å². The molecule has 4 heteroatoms. The van der Waals surface area contributed by atoms with Crippen molar-refractivity contribution in [3.63, 3.8) is 0 Å². The molecule has 2 atom stereocenters. The van der Waals surface area contributed by atoms with Gasteiger partial charge >= 0.3 is 0 Å². The Morgan fingerprint density at radius 1 is 1.50 bits per heavy atom. The van der Waals surface area contributed by atoms with Crippen LogP contribution in [0.25, 0.3) is 0 Å². The Labute approximate surface area is 97.8 Å². The van der Waals surface area contributed by atoms with Gasteiger partial charge in [0.15, 0.2) is 0 Å². The number of amides is 1. The number of aliphatic hydroxyl groups is 1. The van der Waals surface area contributed by atoms with Crippen molar-refractivity contribution < 1.29 is 9.90 Å². The molecule has 1 amide bonds. The Morgan fingerprint density at radius 3 is 2.88 bits per heavy atom. The van der Waals surface area contributed by atoms with Crippen molar-refractivity contribution in [2.24, 2.45) is 5.73 Å². The van der Waals surface area contributed by atoms with E-state index in [0.29, 0.717) is 6.42 Å². The molecule has 0 aromatic carbocycles. The number of aliphatic hydroxyl groups excluding tert-OH is 1. The molecular formula is C12H24N2O2. The monoisotopic (exact) mass is 228 g/mol. The molecule has 0 radical (unpaired) electrons. The molecule has 1 aliphatic rings. The van der Waals surface area contributed by atoms with Crippen LogP contribution in [-0.2, 0) is 4.79 Å². The van der Waals surface area contributed by atoms with Crippen molar-refractivity contribution in [1.82, 2.24) is 4.90 Å². The number of likely N-dealkylation sites (tertiary alicyclic amines) is 1. The first-order valence-electron chi connectivity index (χ1n) is 6.31. The van der Waals surface area contributed by atoms with Crippen LogP contribution in [0.1, 0.15) is 45.4 Å². The molecule has 1 rings (SSSR count). The van der Waals surface area contributed by atoms with Gasteiger partial charge in [-0.05, 0) is 26.2 Å². The zero-order valence-corrected chi connectivity index (χ0v) is 10.2. The van der Waals surface area contributed by atoms with E-state index in [4.69, 9.17) is 5.73 Å². The fraction of sp³-hybridized carbons (Fsp3) is 0.917. The summed E-state index contributed by atoms with van der Waals surface area (Å²) in [6, 6.07) is 0.103. The van der Waals surface area contributed by atoms with Crippen molar-refractivity contribution in [1.29, 1.82) is 0 Å². The highest BCUT2D eigenvalue weighted by atomic mass is 16.3. The van der Waals surface area contributed by atoms with Gasteiger partial charge in [-0.3, -0.25) is 4.79 Å². The Morgan fingerprint density at radius 2 is 2.25 bits per heavy atom. The maximum absolute atomic E-state index is 12.0. The van der Waals surface area contributed by atoms with E-state index in [1.54, 1.807) is 0 Å². The number of nitrogens with zero attached hydrogens (tertiary/aromatic N) is 1. The zero-order valence-electron chi connectivity index (χ0n) is 10.2. The molecule has 0 bridgehead atoms. The van der Waals surface area contributed by atoms with E-state index in [-0.39, 0.29) is 24.6 Å². The molecule has 2 unspecified atom stereocenters. The average Bonchev–Trinajstić information content (AvgIpc) is 2.50. The molecule has 0 saturated carbocycles. The number of carbonyl (C=O) groups excluding carboxylic acids is 1. The van der Waals surface area contributed by atoms with E-state index >= 15 is 0 Å². The average molecular weight is 228 g/mol. The second-order valence-electron chi connectivity index (χ2n) is 4.79. The van der Waals surface area contributed by atoms with E-state index in [0.717, 1.165) is 38.6 Å². The first kappa shape index (κ1) is 13.5. The van der Waals surface area contributed by atoms with Crippen LogP contribution in [0.5, 0.6) is 0 Å². The van der Waals surface area contributed by atoms with Gasteiger partial charge in [-0.15, -0.1) is 0 Å². The third kappa shape index (κ3) is 4.10. The minimum absolute atomic E-state index is 0.0306. The van der Waals surface area contributed by atoms with Crippen molar-refractivity contribution in [2.75, 3.05) is 13.2 Å². The first-order chi connectivity index (χ1) is 7.65. The van der Waals surface area contributed by atoms with Crippen molar-refractivity contribution in [3.05, 3.63) is 0 Å². The second-order valence-corrected chi connectivity index (χ2v) is 4.79. The van der Waals surface area contributed by atoms with E-state index in [9.17, 15) is 9.90 Å². The van der Waals surface area contributed by atoms with Gasteiger partial charge in [0, 0.05) is 19.0 Å². The molecular weight excluding hydrogens is 204 g/mol. The predicted octanol–water partition coefficient (Wildman–Crippen LogP) is 0.877. The van der Waals surface area contributed by atoms with Crippen molar-refractivity contribution in [3.8, 4) is 0 Å². The highest BCUT2D eigenvalue weighted by Crippen LogP contribution is 2.17. The standard InChI is InChI=1S/C12H24N2O2/c1-10(13)6-7-12(16)14-8-4-2-3-5-11(14)9-15/h10-11,15H,2-9,13H2,1H3. The molecule has 4 nitrogen and oxygen atoms in total. The summed E-state index contributed by atoms with van der Waals surface area (Å²) in [4.78, 5) is 13.8. The summed E-state index contributed by atoms with van der Waals surface area (Å²) in [5.41, 5.74) is 5.65. The van der Waals surface area contributed by atoms with E-state index in [2.05, 4.69) is 0 Å². The van der Waals surface area contributed by atoms with Gasteiger partial charge in [0.25, 0.3) is 0 Å². The second kappa shape index (κ2) is 6.86. The molecule has 1 fully saturated rings. The zero-order chi connectivity index (χ0) is 12.0. The van der Waals surface area contributed by atoms with Crippen LogP contribution >= 0.6 is 0 Å². The highest BCUT2D eigenvalue weighted by Gasteiger charge is 2.24. The summed E-state index contributed by atoms with van der Waals surface area (Å²) in [5.74, 6) is 0.151. The fourth-order valence-electron chi connectivity index (χ4n) is 2.19. The summed E-state index contributed by atoms with van der Waals surface area (Å²) in [6.45, 7) is 2.80. The molecule has 1 aliphatic heterocycles. The number of hydrogen-bond donors (Lipinski definition) is 2. The van der Waals surface area contributed by atoms with Crippen LogP contribution in [-0.4, -0.2) is 41.1 Å². The highest BCUT2D eigenvalue weighted by molar-refractivity contribution is 5.76. The lowest BCUT2D eigenvalue weighted by molar-refractivity contribution is -0.134. The minimum Gasteiger partial charge on any atom is -0.394 e. The Hall–Kier alpha value is -0.610. The molecule has 1 heterocycles. The van der Waals surface area contributed by atoms with Crippen LogP contribution < -0.4 is 5.73 Å². The Kier molecular flexibility index (Phi) is 5.77. The maximum Gasteiger partial charge on any atom is 0.222 e. The van der Waals surface area contributed by atoms with Gasteiger partial charge in [-0.25, -0.2) is 0 Å². The number of nitrogens with two attached hydrogens (primary N) is 1. The summed E-state index contributed by atoms with van der Waals surface area (Å²) < 4.78 is 0. The van der Waals surface area contributed by atoms with Crippen LogP contribution in [0, 0.1) is 0 Å². The molecule has 1 saturated heterocycles. The lowest BCUT2D eigenvalue weighted by Crippen LogP contribution is -2.42. The predicted molar refractivity (Wildman–Crippen MR) is 63.9 cm³/mol. The third-order valence-electron chi connectivity index (χ3n) is 3.22. The quantitative estimate of drug-likeness (QED) is 0.750. The lowest BCUT2D eigenvalue weighted by atomic mass is 10.1. The Balaban J connectivity index is 2.49. The smallest absolute Gasteiger partial charge is 0.222 e. The molecule has 0 aromatic rings. The normalized spacial score (nSPS) is 23.9. The summed E-state index contributed by atoms with van der Waals surface area (Å²) in [5, 5.41) is 9.29. The summed E-state index contributed by atoms with van der Waals surface area (Å²) >= 11 is 0. The van der Waals surface area contributed by atoms with Gasteiger partial charge in [-0.2, -0.15) is 0 Å². The largest absolute Gasteiger partial charge is 0.394 e. The molecule has 0 aliphatic carbocycles. The SMILES string of the molecule is CC(N)CCC(=O)N1CCCCCC1CO. The Bertz CT molecular complexity index is 219. The van der Waals surface area contributed by atoms with E-state index in [1.165, 1.54) is 0 Å². The maximum atomic E-state index is 12.0. The van der Waals surface area contributed by atoms with Gasteiger partial charge in [0.2, 0.25) is 5.91 Å². The van der Waals surface area contributed by atoms with Crippen LogP contribution in [0.15, 0.2) is 0 Å². The third-order valence-corrected chi connectivity index (χ3v) is 3.22. The topological polar surface area (TPSA) is 66.6 Å². The van der Waals surface area contributed by atoms with Crippen LogP contribution in [0.2, 0.25) is 0 Å². The summed E-state index contributed by atoms with van der Waals surface area (Å²) in [7, 11) is 0. The number of carbonyl (C=O) groups is 1. The first-order valence-corrected chi connectivity index (χ1v) is 6.31. The van der Waals surface area contributed by atoms with Crippen LogP contribution in [0.4, 0.5) is 0 Å². The molecule has 94 valence electrons. The van der Waals surface area contributed by atoms with Crippen molar-refractivity contribution in [2.45, 2.75) is 57.5 Å². The number of hydrogen-bond acceptors (Lipinski definition) is 3. The van der Waals surface area contributed by atoms with Gasteiger partial charge in [0.1, 0.15) is 0 Å².